The molecule has 0 aliphatic carbocycles. The van der Waals surface area contributed by atoms with E-state index in [1.807, 2.05) is 24.5 Å². The molecule has 0 saturated heterocycles. The van der Waals surface area contributed by atoms with E-state index in [9.17, 15) is 39.3 Å². The second kappa shape index (κ2) is 14.2. The summed E-state index contributed by atoms with van der Waals surface area (Å²) in [6.07, 6.45) is 1.38. The molecule has 0 atom stereocenters. The first kappa shape index (κ1) is 32.2. The van der Waals surface area contributed by atoms with Crippen LogP contribution < -0.4 is 29.6 Å². The Morgan fingerprint density at radius 3 is 1.52 bits per heavy atom. The van der Waals surface area contributed by atoms with Crippen LogP contribution in [0.4, 0.5) is 0 Å². The molecule has 0 unspecified atom stereocenters. The number of ether oxygens (including phenoxy) is 2. The number of hydrogen-bond acceptors (Lipinski definition) is 11. The third-order valence-corrected chi connectivity index (χ3v) is 8.38. The summed E-state index contributed by atoms with van der Waals surface area (Å²) < 4.78 is 10.2. The first-order valence-electron chi connectivity index (χ1n) is 13.7. The number of benzene rings is 2. The molecule has 0 saturated carbocycles. The molecule has 0 aliphatic rings. The lowest BCUT2D eigenvalue weighted by Gasteiger charge is -2.17. The maximum absolute atomic E-state index is 13.0. The van der Waals surface area contributed by atoms with Crippen molar-refractivity contribution >= 4 is 60.6 Å². The maximum Gasteiger partial charge on any atom is 0.347 e. The van der Waals surface area contributed by atoms with Crippen molar-refractivity contribution in [3.8, 4) is 23.0 Å². The molecule has 12 nitrogen and oxygen atoms in total. The van der Waals surface area contributed by atoms with Gasteiger partial charge in [0.15, 0.2) is 0 Å². The molecule has 232 valence electrons. The van der Waals surface area contributed by atoms with E-state index in [0.29, 0.717) is 56.8 Å². The average molecular weight is 643 g/mol. The number of aromatic hydroxyl groups is 2. The average Bonchev–Trinajstić information content (AvgIpc) is 2.96. The highest BCUT2D eigenvalue weighted by molar-refractivity contribution is 7.16. The van der Waals surface area contributed by atoms with E-state index in [2.05, 4.69) is 0 Å². The molecule has 2 heterocycles. The fourth-order valence-electron chi connectivity index (χ4n) is 4.14. The third kappa shape index (κ3) is 7.09. The van der Waals surface area contributed by atoms with Crippen molar-refractivity contribution in [2.24, 2.45) is 0 Å². The number of hydrogen-bond donors (Lipinski definition) is 5. The molecule has 2 aromatic heterocycles. The van der Waals surface area contributed by atoms with Gasteiger partial charge in [0.2, 0.25) is 15.7 Å². The van der Waals surface area contributed by atoms with Gasteiger partial charge in [0, 0.05) is 20.2 Å². The molecule has 0 fully saturated rings. The van der Waals surface area contributed by atoms with Crippen LogP contribution in [-0.2, 0) is 4.79 Å². The Bertz CT molecular complexity index is 1720. The van der Waals surface area contributed by atoms with Crippen molar-refractivity contribution in [1.29, 1.82) is 0 Å². The molecular weight excluding hydrogens is 612 g/mol. The first-order valence-corrected chi connectivity index (χ1v) is 15.4. The van der Waals surface area contributed by atoms with Crippen LogP contribution in [0.2, 0.25) is 0 Å². The number of carbonyl (C=O) groups excluding carboxylic acids is 2. The molecule has 2 aromatic carbocycles. The van der Waals surface area contributed by atoms with Gasteiger partial charge in [-0.25, -0.2) is 4.79 Å². The van der Waals surface area contributed by atoms with Crippen molar-refractivity contribution < 1.29 is 39.2 Å². The Balaban J connectivity index is 1.56. The molecule has 4 aromatic rings. The minimum Gasteiger partial charge on any atom is -0.506 e. The Morgan fingerprint density at radius 2 is 1.16 bits per heavy atom. The lowest BCUT2D eigenvalue weighted by atomic mass is 10.1. The molecule has 0 aliphatic heterocycles. The molecular formula is C30H30N2O10S2. The number of amides is 2. The topological polar surface area (TPSA) is 189 Å². The van der Waals surface area contributed by atoms with E-state index in [-0.39, 0.29) is 10.8 Å². The molecule has 5 N–H and O–H groups in total. The summed E-state index contributed by atoms with van der Waals surface area (Å²) in [5, 5.41) is 35.5. The van der Waals surface area contributed by atoms with Crippen molar-refractivity contribution in [3.63, 3.8) is 0 Å². The van der Waals surface area contributed by atoms with E-state index in [4.69, 9.17) is 9.47 Å². The standard InChI is InChI=1S/C30H30N2O10S2/c1-3-5-11-41-15-7-9-17-19(13-15)43-29(39)21(23(17)33)26(35)31-25(28(37)38)32-27(36)22-24(34)18-10-8-16(42-12-6-4-2)14-20(18)44-30(22)40/h7-10,13-14,25,33-34H,3-6,11-12H2,1-2H3,(H,31,35)(H,32,36)(H,37,38). The highest BCUT2D eigenvalue weighted by atomic mass is 32.1. The Hall–Kier alpha value is -4.69. The van der Waals surface area contributed by atoms with Crippen LogP contribution in [0.3, 0.4) is 0 Å². The lowest BCUT2D eigenvalue weighted by molar-refractivity contribution is -0.139. The summed E-state index contributed by atoms with van der Waals surface area (Å²) in [5.41, 5.74) is -1.44. The monoisotopic (exact) mass is 642 g/mol. The third-order valence-electron chi connectivity index (χ3n) is 6.49. The van der Waals surface area contributed by atoms with Crippen LogP contribution >= 0.6 is 22.7 Å². The van der Waals surface area contributed by atoms with Crippen molar-refractivity contribution in [2.45, 2.75) is 45.7 Å². The van der Waals surface area contributed by atoms with Gasteiger partial charge in [-0.05, 0) is 49.2 Å². The van der Waals surface area contributed by atoms with E-state index in [1.165, 1.54) is 12.1 Å². The minimum absolute atomic E-state index is 0.163. The van der Waals surface area contributed by atoms with Gasteiger partial charge in [0.05, 0.1) is 13.2 Å². The number of fused-ring (bicyclic) bond motifs is 2. The Labute approximate surface area is 258 Å². The van der Waals surface area contributed by atoms with Crippen molar-refractivity contribution in [2.75, 3.05) is 13.2 Å². The van der Waals surface area contributed by atoms with Crippen LogP contribution in [-0.4, -0.2) is 52.5 Å². The second-order valence-corrected chi connectivity index (χ2v) is 11.7. The van der Waals surface area contributed by atoms with E-state index < -0.39 is 56.1 Å². The van der Waals surface area contributed by atoms with Crippen LogP contribution in [0.5, 0.6) is 23.0 Å². The van der Waals surface area contributed by atoms with Gasteiger partial charge in [0.25, 0.3) is 11.8 Å². The van der Waals surface area contributed by atoms with Gasteiger partial charge in [0.1, 0.15) is 34.1 Å². The predicted octanol–water partition coefficient (Wildman–Crippen LogP) is 4.18. The van der Waals surface area contributed by atoms with Crippen LogP contribution in [0.1, 0.15) is 60.2 Å². The quantitative estimate of drug-likeness (QED) is 0.105. The first-order chi connectivity index (χ1) is 21.0. The molecule has 4 rings (SSSR count). The highest BCUT2D eigenvalue weighted by Crippen LogP contribution is 2.33. The van der Waals surface area contributed by atoms with Crippen molar-refractivity contribution in [1.82, 2.24) is 10.6 Å². The molecule has 0 radical (unpaired) electrons. The zero-order valence-corrected chi connectivity index (χ0v) is 25.4. The summed E-state index contributed by atoms with van der Waals surface area (Å²) in [7, 11) is 0. The lowest BCUT2D eigenvalue weighted by Crippen LogP contribution is -2.53. The number of aliphatic carboxylic acids is 1. The summed E-state index contributed by atoms with van der Waals surface area (Å²) in [6, 6.07) is 9.17. The number of unbranched alkanes of at least 4 members (excludes halogenated alkanes) is 2. The Morgan fingerprint density at radius 1 is 0.750 bits per heavy atom. The predicted molar refractivity (Wildman–Crippen MR) is 167 cm³/mol. The summed E-state index contributed by atoms with van der Waals surface area (Å²) in [4.78, 5) is 63.6. The van der Waals surface area contributed by atoms with E-state index >= 15 is 0 Å². The number of nitrogens with one attached hydrogen (secondary N) is 2. The van der Waals surface area contributed by atoms with Gasteiger partial charge in [-0.2, -0.15) is 0 Å². The smallest absolute Gasteiger partial charge is 0.347 e. The number of carboxylic acid groups (broad SMARTS) is 1. The summed E-state index contributed by atoms with van der Waals surface area (Å²) >= 11 is 1.30. The zero-order valence-electron chi connectivity index (χ0n) is 23.8. The SMILES string of the molecule is CCCCOc1ccc2c(O)c(C(=O)NC(NC(=O)c3c(O)c4ccc(OCCCC)cc4sc3=O)C(=O)O)c(=O)sc2c1. The van der Waals surface area contributed by atoms with Gasteiger partial charge >= 0.3 is 5.97 Å². The number of carbonyl (C=O) groups is 3. The van der Waals surface area contributed by atoms with Gasteiger partial charge in [-0.15, -0.1) is 0 Å². The number of carboxylic acids is 1. The van der Waals surface area contributed by atoms with Crippen LogP contribution in [0.25, 0.3) is 20.2 Å². The minimum atomic E-state index is -2.13. The highest BCUT2D eigenvalue weighted by Gasteiger charge is 2.29. The van der Waals surface area contributed by atoms with Crippen molar-refractivity contribution in [3.05, 3.63) is 66.6 Å². The van der Waals surface area contributed by atoms with Crippen LogP contribution in [0.15, 0.2) is 46.0 Å². The number of rotatable bonds is 13. The second-order valence-electron chi connectivity index (χ2n) is 9.66. The van der Waals surface area contributed by atoms with Gasteiger partial charge in [-0.1, -0.05) is 49.4 Å². The summed E-state index contributed by atoms with van der Waals surface area (Å²) in [6.45, 7) is 4.95. The van der Waals surface area contributed by atoms with Gasteiger partial charge in [-0.3, -0.25) is 19.2 Å². The fraction of sp³-hybridized carbons (Fsp3) is 0.300. The maximum atomic E-state index is 13.0. The molecule has 0 spiro atoms. The molecule has 2 amide bonds. The van der Waals surface area contributed by atoms with E-state index in [0.717, 1.165) is 25.7 Å². The Kier molecular flexibility index (Phi) is 10.4. The fourth-order valence-corrected chi connectivity index (χ4v) is 6.03. The summed E-state index contributed by atoms with van der Waals surface area (Å²) in [5.74, 6) is -4.68. The molecule has 44 heavy (non-hydrogen) atoms. The normalized spacial score (nSPS) is 11.1. The van der Waals surface area contributed by atoms with E-state index in [1.54, 1.807) is 24.3 Å². The molecule has 0 bridgehead atoms. The zero-order chi connectivity index (χ0) is 32.0. The molecule has 14 heteroatoms. The largest absolute Gasteiger partial charge is 0.506 e. The van der Waals surface area contributed by atoms with Crippen LogP contribution in [0, 0.1) is 0 Å². The van der Waals surface area contributed by atoms with Gasteiger partial charge < -0.3 is 35.4 Å².